The molecule has 0 fully saturated rings. The fraction of sp³-hybridized carbons (Fsp3) is 0.857. The fourth-order valence-electron chi connectivity index (χ4n) is 2.11. The molecule has 1 atom stereocenters. The number of aliphatic hydroxyl groups is 1. The van der Waals surface area contributed by atoms with Crippen LogP contribution < -0.4 is 0 Å². The zero-order valence-corrected chi connectivity index (χ0v) is 12.9. The van der Waals surface area contributed by atoms with Gasteiger partial charge in [0.25, 0.3) is 0 Å². The second-order valence-corrected chi connectivity index (χ2v) is 11.0. The first-order valence-corrected chi connectivity index (χ1v) is 10.1. The predicted octanol–water partition coefficient (Wildman–Crippen LogP) is 4.05. The van der Waals surface area contributed by atoms with Crippen LogP contribution in [-0.4, -0.2) is 18.8 Å². The van der Waals surface area contributed by atoms with E-state index in [0.29, 0.717) is 0 Å². The molecule has 2 heteroatoms. The molecule has 0 heterocycles. The van der Waals surface area contributed by atoms with Crippen LogP contribution in [0.2, 0.25) is 25.2 Å². The topological polar surface area (TPSA) is 20.2 Å². The quantitative estimate of drug-likeness (QED) is 0.568. The Kier molecular flexibility index (Phi) is 6.36. The first-order chi connectivity index (χ1) is 7.31. The number of hydrogen-bond donors (Lipinski definition) is 1. The van der Waals surface area contributed by atoms with Gasteiger partial charge in [0.2, 0.25) is 0 Å². The van der Waals surface area contributed by atoms with Crippen molar-refractivity contribution in [1.82, 2.24) is 0 Å². The van der Waals surface area contributed by atoms with E-state index in [9.17, 15) is 5.11 Å². The summed E-state index contributed by atoms with van der Waals surface area (Å²) in [7, 11) is -1.44. The van der Waals surface area contributed by atoms with E-state index in [1.165, 1.54) is 0 Å². The van der Waals surface area contributed by atoms with Gasteiger partial charge in [0.05, 0.1) is 13.7 Å². The molecular weight excluding hydrogens is 212 g/mol. The van der Waals surface area contributed by atoms with Gasteiger partial charge in [-0.15, -0.1) is 11.8 Å². The Morgan fingerprint density at radius 3 is 1.94 bits per heavy atom. The van der Waals surface area contributed by atoms with E-state index in [0.717, 1.165) is 25.7 Å². The minimum absolute atomic E-state index is 0.196. The fourth-order valence-corrected chi connectivity index (χ4v) is 4.67. The summed E-state index contributed by atoms with van der Waals surface area (Å²) in [6, 6.07) is 0. The molecule has 0 radical (unpaired) electrons. The first-order valence-electron chi connectivity index (χ1n) is 6.52. The van der Waals surface area contributed by atoms with Crippen molar-refractivity contribution in [2.45, 2.75) is 77.2 Å². The Bertz CT molecular complexity index is 250. The van der Waals surface area contributed by atoms with Crippen molar-refractivity contribution in [3.63, 3.8) is 0 Å². The molecule has 0 aromatic carbocycles. The van der Waals surface area contributed by atoms with E-state index in [1.807, 2.05) is 0 Å². The molecule has 0 bridgehead atoms. The van der Waals surface area contributed by atoms with Crippen LogP contribution in [0.3, 0.4) is 0 Å². The van der Waals surface area contributed by atoms with Crippen LogP contribution in [0.25, 0.3) is 0 Å². The Hall–Kier alpha value is -0.263. The highest BCUT2D eigenvalue weighted by Crippen LogP contribution is 2.37. The van der Waals surface area contributed by atoms with Gasteiger partial charge in [-0.1, -0.05) is 40.4 Å². The van der Waals surface area contributed by atoms with Crippen LogP contribution in [0, 0.1) is 11.8 Å². The molecule has 0 aromatic heterocycles. The van der Waals surface area contributed by atoms with Gasteiger partial charge in [-0.3, -0.25) is 0 Å². The van der Waals surface area contributed by atoms with Gasteiger partial charge >= 0.3 is 0 Å². The van der Waals surface area contributed by atoms with E-state index in [-0.39, 0.29) is 5.54 Å². The van der Waals surface area contributed by atoms with E-state index in [2.05, 4.69) is 52.3 Å². The first kappa shape index (κ1) is 15.7. The molecule has 0 rings (SSSR count). The largest absolute Gasteiger partial charge is 0.389 e. The van der Waals surface area contributed by atoms with E-state index < -0.39 is 13.7 Å². The van der Waals surface area contributed by atoms with Crippen molar-refractivity contribution in [3.8, 4) is 11.8 Å². The zero-order valence-electron chi connectivity index (χ0n) is 11.9. The van der Waals surface area contributed by atoms with Crippen molar-refractivity contribution >= 4 is 8.07 Å². The van der Waals surface area contributed by atoms with E-state index in [1.54, 1.807) is 0 Å². The number of rotatable bonds is 5. The summed E-state index contributed by atoms with van der Waals surface area (Å²) >= 11 is 0. The second-order valence-electron chi connectivity index (χ2n) is 5.68. The molecule has 1 N–H and O–H groups in total. The molecule has 0 aromatic rings. The van der Waals surface area contributed by atoms with Gasteiger partial charge in [0, 0.05) is 12.0 Å². The molecule has 0 spiro atoms. The summed E-state index contributed by atoms with van der Waals surface area (Å²) < 4.78 is 0. The average molecular weight is 240 g/mol. The van der Waals surface area contributed by atoms with Crippen LogP contribution in [0.1, 0.15) is 46.5 Å². The zero-order chi connectivity index (χ0) is 12.8. The molecule has 0 aliphatic carbocycles. The average Bonchev–Trinajstić information content (AvgIpc) is 2.22. The molecule has 1 nitrogen and oxygen atoms in total. The summed E-state index contributed by atoms with van der Waals surface area (Å²) in [6.07, 6.45) is 3.66. The molecule has 0 saturated carbocycles. The van der Waals surface area contributed by atoms with E-state index >= 15 is 0 Å². The third-order valence-corrected chi connectivity index (χ3v) is 5.66. The van der Waals surface area contributed by atoms with E-state index in [4.69, 9.17) is 0 Å². The van der Waals surface area contributed by atoms with Gasteiger partial charge in [-0.05, 0) is 19.3 Å². The lowest BCUT2D eigenvalue weighted by molar-refractivity contribution is 0.0358. The Labute approximate surface area is 103 Å². The van der Waals surface area contributed by atoms with Crippen LogP contribution in [0.5, 0.6) is 0 Å². The Balaban J connectivity index is 5.04. The van der Waals surface area contributed by atoms with Crippen molar-refractivity contribution in [1.29, 1.82) is 0 Å². The lowest BCUT2D eigenvalue weighted by Crippen LogP contribution is -2.44. The molecule has 0 saturated heterocycles. The monoisotopic (exact) mass is 240 g/mol. The van der Waals surface area contributed by atoms with Gasteiger partial charge in [-0.2, -0.15) is 0 Å². The highest BCUT2D eigenvalue weighted by molar-refractivity contribution is 6.78. The smallest absolute Gasteiger partial charge is 0.0753 e. The molecule has 0 aliphatic rings. The molecule has 16 heavy (non-hydrogen) atoms. The predicted molar refractivity (Wildman–Crippen MR) is 75.3 cm³/mol. The molecular formula is C14H28OSi. The summed E-state index contributed by atoms with van der Waals surface area (Å²) in [6.45, 7) is 13.2. The number of hydrogen-bond acceptors (Lipinski definition) is 1. The number of unbranched alkanes of at least 4 members (excludes halogenated alkanes) is 1. The third kappa shape index (κ3) is 4.31. The normalized spacial score (nSPS) is 14.2. The minimum atomic E-state index is -1.44. The minimum Gasteiger partial charge on any atom is -0.389 e. The summed E-state index contributed by atoms with van der Waals surface area (Å²) in [5.74, 6) is 6.61. The lowest BCUT2D eigenvalue weighted by atomic mass is 9.93. The van der Waals surface area contributed by atoms with Crippen molar-refractivity contribution in [2.24, 2.45) is 0 Å². The molecule has 0 aliphatic heterocycles. The third-order valence-electron chi connectivity index (χ3n) is 3.25. The van der Waals surface area contributed by atoms with Crippen LogP contribution >= 0.6 is 0 Å². The van der Waals surface area contributed by atoms with Gasteiger partial charge in [0.1, 0.15) is 0 Å². The van der Waals surface area contributed by atoms with Crippen molar-refractivity contribution < 1.29 is 5.11 Å². The maximum Gasteiger partial charge on any atom is 0.0753 e. The Morgan fingerprint density at radius 2 is 1.62 bits per heavy atom. The summed E-state index contributed by atoms with van der Waals surface area (Å²) in [4.78, 5) is 0. The molecule has 0 amide bonds. The SMILES string of the molecule is CCCC#CC(C(O)(CC)CC)[Si](C)(C)C. The van der Waals surface area contributed by atoms with Crippen LogP contribution in [-0.2, 0) is 0 Å². The summed E-state index contributed by atoms with van der Waals surface area (Å²) in [5.41, 5.74) is -0.382. The maximum atomic E-state index is 10.7. The van der Waals surface area contributed by atoms with Gasteiger partial charge in [-0.25, -0.2) is 0 Å². The highest BCUT2D eigenvalue weighted by atomic mass is 28.3. The molecule has 1 unspecified atom stereocenters. The maximum absolute atomic E-state index is 10.7. The standard InChI is InChI=1S/C14H28OSi/c1-7-10-11-12-13(16(4,5)6)14(15,8-2)9-3/h13,15H,7-10H2,1-6H3. The van der Waals surface area contributed by atoms with Crippen molar-refractivity contribution in [3.05, 3.63) is 0 Å². The van der Waals surface area contributed by atoms with Crippen molar-refractivity contribution in [2.75, 3.05) is 0 Å². The summed E-state index contributed by atoms with van der Waals surface area (Å²) in [5, 5.41) is 10.7. The second kappa shape index (κ2) is 6.47. The van der Waals surface area contributed by atoms with Gasteiger partial charge in [0.15, 0.2) is 0 Å². The Morgan fingerprint density at radius 1 is 1.12 bits per heavy atom. The van der Waals surface area contributed by atoms with Crippen LogP contribution in [0.4, 0.5) is 0 Å². The molecule has 94 valence electrons. The lowest BCUT2D eigenvalue weighted by Gasteiger charge is -2.38. The van der Waals surface area contributed by atoms with Gasteiger partial charge < -0.3 is 5.11 Å². The van der Waals surface area contributed by atoms with Crippen LogP contribution in [0.15, 0.2) is 0 Å². The highest BCUT2D eigenvalue weighted by Gasteiger charge is 2.40.